The summed E-state index contributed by atoms with van der Waals surface area (Å²) in [5, 5.41) is 2.97. The van der Waals surface area contributed by atoms with E-state index in [9.17, 15) is 9.59 Å². The second kappa shape index (κ2) is 15.5. The first-order valence-electron chi connectivity index (χ1n) is 15.4. The van der Waals surface area contributed by atoms with Crippen LogP contribution < -0.4 is 5.32 Å². The van der Waals surface area contributed by atoms with E-state index in [1.807, 2.05) is 63.2 Å². The highest BCUT2D eigenvalue weighted by Crippen LogP contribution is 2.29. The van der Waals surface area contributed by atoms with Gasteiger partial charge in [-0.25, -0.2) is 4.98 Å². The minimum Gasteiger partial charge on any atom is -0.459 e. The standard InChI is InChI=1S/C35H45N3O4/c1-35(2,3)42-34(40)30(17-8-7-15-27-16-11-22-36-24-27)28-18-20-29(21-19-28)33-38-31(25-41-33)32(39)37-23-10-9-14-26-12-5-4-6-13-26/h7,11,15-16,18-22,24-26,30H,4-6,8-10,12-14,17,23H2,1-3H3,(H,37,39). The van der Waals surface area contributed by atoms with E-state index in [-0.39, 0.29) is 17.6 Å². The van der Waals surface area contributed by atoms with E-state index in [2.05, 4.69) is 21.4 Å². The van der Waals surface area contributed by atoms with Gasteiger partial charge in [0, 0.05) is 24.5 Å². The van der Waals surface area contributed by atoms with Crippen LogP contribution in [0.15, 0.2) is 65.5 Å². The van der Waals surface area contributed by atoms with Crippen LogP contribution in [-0.2, 0) is 9.53 Å². The Hall–Kier alpha value is -3.74. The van der Waals surface area contributed by atoms with Gasteiger partial charge in [0.1, 0.15) is 11.9 Å². The van der Waals surface area contributed by atoms with Gasteiger partial charge in [0.05, 0.1) is 5.92 Å². The maximum absolute atomic E-state index is 13.1. The molecule has 0 spiro atoms. The van der Waals surface area contributed by atoms with E-state index in [1.54, 1.807) is 12.4 Å². The van der Waals surface area contributed by atoms with Gasteiger partial charge < -0.3 is 14.5 Å². The zero-order valence-electron chi connectivity index (χ0n) is 25.3. The van der Waals surface area contributed by atoms with Gasteiger partial charge >= 0.3 is 5.97 Å². The lowest BCUT2D eigenvalue weighted by molar-refractivity contribution is -0.156. The van der Waals surface area contributed by atoms with Gasteiger partial charge in [-0.2, -0.15) is 0 Å². The summed E-state index contributed by atoms with van der Waals surface area (Å²) < 4.78 is 11.4. The molecule has 7 heteroatoms. The summed E-state index contributed by atoms with van der Waals surface area (Å²) in [6.07, 6.45) is 20.6. The van der Waals surface area contributed by atoms with Crippen LogP contribution in [0, 0.1) is 5.92 Å². The lowest BCUT2D eigenvalue weighted by Gasteiger charge is -2.24. The number of nitrogens with zero attached hydrogens (tertiary/aromatic N) is 2. The maximum Gasteiger partial charge on any atom is 0.313 e. The van der Waals surface area contributed by atoms with Gasteiger partial charge in [-0.15, -0.1) is 0 Å². The molecule has 7 nitrogen and oxygen atoms in total. The number of aromatic nitrogens is 2. The van der Waals surface area contributed by atoms with Gasteiger partial charge in [0.2, 0.25) is 5.89 Å². The molecule has 1 fully saturated rings. The summed E-state index contributed by atoms with van der Waals surface area (Å²) >= 11 is 0. The number of rotatable bonds is 13. The second-order valence-corrected chi connectivity index (χ2v) is 12.3. The van der Waals surface area contributed by atoms with Crippen LogP contribution in [0.3, 0.4) is 0 Å². The monoisotopic (exact) mass is 571 g/mol. The number of allylic oxidation sites excluding steroid dienone is 1. The van der Waals surface area contributed by atoms with E-state index in [0.29, 0.717) is 25.3 Å². The van der Waals surface area contributed by atoms with E-state index in [0.717, 1.165) is 35.4 Å². The van der Waals surface area contributed by atoms with Crippen molar-refractivity contribution in [3.05, 3.63) is 78.0 Å². The first-order valence-corrected chi connectivity index (χ1v) is 15.4. The molecular formula is C35H45N3O4. The quantitative estimate of drug-likeness (QED) is 0.164. The van der Waals surface area contributed by atoms with Crippen LogP contribution in [0.2, 0.25) is 0 Å². The number of hydrogen-bond donors (Lipinski definition) is 1. The fraction of sp³-hybridized carbons (Fsp3) is 0.486. The summed E-state index contributed by atoms with van der Waals surface area (Å²) in [6, 6.07) is 11.4. The molecule has 0 aliphatic heterocycles. The molecule has 1 atom stereocenters. The Kier molecular flexibility index (Phi) is 11.5. The van der Waals surface area contributed by atoms with E-state index >= 15 is 0 Å². The number of nitrogens with one attached hydrogen (secondary N) is 1. The third-order valence-corrected chi connectivity index (χ3v) is 7.65. The van der Waals surface area contributed by atoms with Crippen molar-refractivity contribution in [2.24, 2.45) is 5.92 Å². The summed E-state index contributed by atoms with van der Waals surface area (Å²) in [6.45, 7) is 6.27. The Labute approximate surface area is 250 Å². The lowest BCUT2D eigenvalue weighted by atomic mass is 9.86. The molecule has 0 radical (unpaired) electrons. The second-order valence-electron chi connectivity index (χ2n) is 12.3. The number of pyridine rings is 1. The van der Waals surface area contributed by atoms with Crippen LogP contribution in [-0.4, -0.2) is 34.0 Å². The number of unbranched alkanes of at least 4 members (excludes halogenated alkanes) is 1. The number of benzene rings is 1. The molecule has 3 aromatic rings. The van der Waals surface area contributed by atoms with E-state index in [4.69, 9.17) is 9.15 Å². The highest BCUT2D eigenvalue weighted by atomic mass is 16.6. The SMILES string of the molecule is CC(C)(C)OC(=O)C(CCC=Cc1cccnc1)c1ccc(-c2nc(C(=O)NCCCCC3CCCCC3)co2)cc1. The van der Waals surface area contributed by atoms with Crippen LogP contribution in [0.25, 0.3) is 17.5 Å². The normalized spacial score (nSPS) is 15.0. The fourth-order valence-corrected chi connectivity index (χ4v) is 5.45. The molecule has 1 aliphatic carbocycles. The summed E-state index contributed by atoms with van der Waals surface area (Å²) in [5.41, 5.74) is 2.31. The molecule has 0 bridgehead atoms. The molecule has 1 aliphatic rings. The number of oxazole rings is 1. The minimum absolute atomic E-state index is 0.219. The molecule has 0 saturated heterocycles. The average molecular weight is 572 g/mol. The Morgan fingerprint density at radius 1 is 1.10 bits per heavy atom. The van der Waals surface area contributed by atoms with Crippen molar-refractivity contribution < 1.29 is 18.7 Å². The first-order chi connectivity index (χ1) is 20.3. The summed E-state index contributed by atoms with van der Waals surface area (Å²) in [7, 11) is 0. The molecule has 1 aromatic carbocycles. The van der Waals surface area contributed by atoms with Gasteiger partial charge in [-0.1, -0.05) is 75.3 Å². The number of ether oxygens (including phenoxy) is 1. The molecule has 1 amide bonds. The van der Waals surface area contributed by atoms with Gasteiger partial charge in [-0.3, -0.25) is 14.6 Å². The highest BCUT2D eigenvalue weighted by molar-refractivity contribution is 5.92. The van der Waals surface area contributed by atoms with Gasteiger partial charge in [0.15, 0.2) is 5.69 Å². The largest absolute Gasteiger partial charge is 0.459 e. The molecule has 2 aromatic heterocycles. The Bertz CT molecular complexity index is 1290. The zero-order chi connectivity index (χ0) is 29.8. The highest BCUT2D eigenvalue weighted by Gasteiger charge is 2.26. The fourth-order valence-electron chi connectivity index (χ4n) is 5.45. The number of carbonyl (C=O) groups is 2. The van der Waals surface area contributed by atoms with E-state index < -0.39 is 11.5 Å². The Morgan fingerprint density at radius 2 is 1.88 bits per heavy atom. The van der Waals surface area contributed by atoms with Crippen molar-refractivity contribution in [1.29, 1.82) is 0 Å². The van der Waals surface area contributed by atoms with Gasteiger partial charge in [-0.05, 0) is 75.3 Å². The summed E-state index contributed by atoms with van der Waals surface area (Å²) in [4.78, 5) is 34.3. The lowest BCUT2D eigenvalue weighted by Crippen LogP contribution is -2.27. The minimum atomic E-state index is -0.578. The molecule has 1 unspecified atom stereocenters. The van der Waals surface area contributed by atoms with Crippen LogP contribution in [0.1, 0.15) is 113 Å². The van der Waals surface area contributed by atoms with Crippen molar-refractivity contribution in [3.8, 4) is 11.5 Å². The molecule has 224 valence electrons. The predicted molar refractivity (Wildman–Crippen MR) is 166 cm³/mol. The van der Waals surface area contributed by atoms with Gasteiger partial charge in [0.25, 0.3) is 5.91 Å². The van der Waals surface area contributed by atoms with Crippen molar-refractivity contribution >= 4 is 18.0 Å². The number of carbonyl (C=O) groups excluding carboxylic acids is 2. The topological polar surface area (TPSA) is 94.3 Å². The molecule has 2 heterocycles. The van der Waals surface area contributed by atoms with Crippen molar-refractivity contribution in [3.63, 3.8) is 0 Å². The Morgan fingerprint density at radius 3 is 2.60 bits per heavy atom. The van der Waals surface area contributed by atoms with Crippen molar-refractivity contribution in [2.75, 3.05) is 6.54 Å². The summed E-state index contributed by atoms with van der Waals surface area (Å²) in [5.74, 6) is 0.355. The van der Waals surface area contributed by atoms with Crippen LogP contribution >= 0.6 is 0 Å². The maximum atomic E-state index is 13.1. The van der Waals surface area contributed by atoms with Crippen LogP contribution in [0.5, 0.6) is 0 Å². The predicted octanol–water partition coefficient (Wildman–Crippen LogP) is 8.14. The van der Waals surface area contributed by atoms with Crippen molar-refractivity contribution in [2.45, 2.75) is 96.5 Å². The van der Waals surface area contributed by atoms with Crippen molar-refractivity contribution in [1.82, 2.24) is 15.3 Å². The number of hydrogen-bond acceptors (Lipinski definition) is 6. The molecule has 42 heavy (non-hydrogen) atoms. The van der Waals surface area contributed by atoms with E-state index in [1.165, 1.54) is 44.8 Å². The Balaban J connectivity index is 1.32. The van der Waals surface area contributed by atoms with Crippen LogP contribution in [0.4, 0.5) is 0 Å². The molecule has 1 saturated carbocycles. The smallest absolute Gasteiger partial charge is 0.313 e. The zero-order valence-corrected chi connectivity index (χ0v) is 25.3. The number of esters is 1. The average Bonchev–Trinajstić information content (AvgIpc) is 3.48. The third-order valence-electron chi connectivity index (χ3n) is 7.65. The third kappa shape index (κ3) is 9.97. The number of amides is 1. The molecule has 1 N–H and O–H groups in total. The first kappa shape index (κ1) is 31.2. The molecule has 4 rings (SSSR count). The molecular weight excluding hydrogens is 526 g/mol.